The number of carbonyl (C=O) groups excluding carboxylic acids is 2. The lowest BCUT2D eigenvalue weighted by Gasteiger charge is -2.40. The van der Waals surface area contributed by atoms with Crippen LogP contribution in [0.4, 0.5) is 0 Å². The second kappa shape index (κ2) is 33.7. The number of amides is 2. The summed E-state index contributed by atoms with van der Waals surface area (Å²) in [6, 6.07) is -1.01. The molecular weight excluding hydrogens is 692 g/mol. The van der Waals surface area contributed by atoms with Crippen LogP contribution in [0.2, 0.25) is 0 Å². The van der Waals surface area contributed by atoms with Gasteiger partial charge in [0.25, 0.3) is 0 Å². The highest BCUT2D eigenvalue weighted by atomic mass is 16.7. The molecule has 12 heteroatoms. The van der Waals surface area contributed by atoms with Crippen LogP contribution in [0, 0.1) is 0 Å². The predicted octanol–water partition coefficient (Wildman–Crippen LogP) is 5.70. The predicted molar refractivity (Wildman–Crippen MR) is 213 cm³/mol. The molecule has 0 radical (unpaired) electrons. The fourth-order valence-corrected chi connectivity index (χ4v) is 7.04. The Bertz CT molecular complexity index is 897. The number of hydrogen-bond donors (Lipinski definition) is 8. The maximum atomic E-state index is 13.0. The molecule has 1 aliphatic rings. The van der Waals surface area contributed by atoms with E-state index in [1.54, 1.807) is 0 Å². The van der Waals surface area contributed by atoms with E-state index in [0.29, 0.717) is 19.3 Å². The van der Waals surface area contributed by atoms with Crippen molar-refractivity contribution in [2.75, 3.05) is 19.8 Å². The van der Waals surface area contributed by atoms with Crippen molar-refractivity contribution in [3.63, 3.8) is 0 Å². The fraction of sp³-hybridized carbons (Fsp3) is 0.952. The van der Waals surface area contributed by atoms with E-state index in [1.165, 1.54) is 51.4 Å². The summed E-state index contributed by atoms with van der Waals surface area (Å²) in [5.74, 6) is -0.126. The Morgan fingerprint density at radius 2 is 1.07 bits per heavy atom. The topological polar surface area (TPSA) is 198 Å². The third-order valence-electron chi connectivity index (χ3n) is 10.7. The van der Waals surface area contributed by atoms with Crippen LogP contribution in [-0.4, -0.2) is 111 Å². The first-order valence-electron chi connectivity index (χ1n) is 22.0. The van der Waals surface area contributed by atoms with E-state index in [9.17, 15) is 40.2 Å². The first-order valence-corrected chi connectivity index (χ1v) is 22.0. The number of rotatable bonds is 36. The van der Waals surface area contributed by atoms with Gasteiger partial charge in [0.2, 0.25) is 11.8 Å². The van der Waals surface area contributed by atoms with Gasteiger partial charge in [-0.3, -0.25) is 9.59 Å². The zero-order valence-electron chi connectivity index (χ0n) is 34.1. The average Bonchev–Trinajstić information content (AvgIpc) is 3.16. The summed E-state index contributed by atoms with van der Waals surface area (Å²) in [6.07, 6.45) is 18.1. The Morgan fingerprint density at radius 1 is 0.611 bits per heavy atom. The lowest BCUT2D eigenvalue weighted by Crippen LogP contribution is -2.60. The van der Waals surface area contributed by atoms with E-state index in [-0.39, 0.29) is 24.8 Å². The molecule has 1 rings (SSSR count). The standard InChI is InChI=1S/C42H82N2O10/c1-3-5-7-8-9-10-11-12-14-17-20-24-27-34(46)38(49)33(32-53-42-41(52)40(51)39(50)35(31-45)54-42)44-37(48)29-25-21-18-15-13-16-19-22-26-30-43-36(47)28-23-6-4-2/h33-35,38-42,45-46,49-52H,3-32H2,1-2H3,(H,43,47)(H,44,48)/t33?,34?,35-,38?,39+,40+,41-,42+/m1/s1. The maximum absolute atomic E-state index is 13.0. The summed E-state index contributed by atoms with van der Waals surface area (Å²) < 4.78 is 11.1. The molecule has 0 aromatic carbocycles. The van der Waals surface area contributed by atoms with Crippen molar-refractivity contribution in [3.05, 3.63) is 0 Å². The van der Waals surface area contributed by atoms with E-state index >= 15 is 0 Å². The lowest BCUT2D eigenvalue weighted by atomic mass is 9.98. The van der Waals surface area contributed by atoms with Gasteiger partial charge in [0.15, 0.2) is 6.29 Å². The monoisotopic (exact) mass is 775 g/mol. The van der Waals surface area contributed by atoms with Crippen LogP contribution in [0.15, 0.2) is 0 Å². The molecule has 1 fully saturated rings. The van der Waals surface area contributed by atoms with Crippen LogP contribution in [-0.2, 0) is 19.1 Å². The van der Waals surface area contributed by atoms with Crippen LogP contribution in [0.5, 0.6) is 0 Å². The smallest absolute Gasteiger partial charge is 0.220 e. The van der Waals surface area contributed by atoms with Crippen LogP contribution >= 0.6 is 0 Å². The summed E-state index contributed by atoms with van der Waals surface area (Å²) in [6.45, 7) is 4.19. The second-order valence-corrected chi connectivity index (χ2v) is 15.7. The molecule has 2 amide bonds. The molecule has 3 unspecified atom stereocenters. The maximum Gasteiger partial charge on any atom is 0.220 e. The molecule has 8 atom stereocenters. The van der Waals surface area contributed by atoms with Crippen molar-refractivity contribution >= 4 is 11.8 Å². The van der Waals surface area contributed by atoms with Crippen molar-refractivity contribution in [2.24, 2.45) is 0 Å². The van der Waals surface area contributed by atoms with Gasteiger partial charge in [0.05, 0.1) is 25.4 Å². The third kappa shape index (κ3) is 24.3. The van der Waals surface area contributed by atoms with Crippen molar-refractivity contribution in [3.8, 4) is 0 Å². The highest BCUT2D eigenvalue weighted by molar-refractivity contribution is 5.76. The fourth-order valence-electron chi connectivity index (χ4n) is 7.04. The number of aliphatic hydroxyl groups is 6. The number of unbranched alkanes of at least 4 members (excludes halogenated alkanes) is 21. The Hall–Kier alpha value is -1.38. The SMILES string of the molecule is CCCCCCCCCCCCCCC(O)C(O)C(CO[C@H]1O[C@H](CO)[C@H](O)[C@H](O)[C@H]1O)NC(=O)CCCCCCCCCCCNC(=O)CCCCC. The van der Waals surface area contributed by atoms with Crippen LogP contribution in [0.25, 0.3) is 0 Å². The van der Waals surface area contributed by atoms with E-state index < -0.39 is 55.6 Å². The Kier molecular flexibility index (Phi) is 31.6. The molecule has 0 saturated carbocycles. The minimum Gasteiger partial charge on any atom is -0.394 e. The molecular formula is C42H82N2O10. The summed E-state index contributed by atoms with van der Waals surface area (Å²) in [5, 5.41) is 68.0. The number of ether oxygens (including phenoxy) is 2. The summed E-state index contributed by atoms with van der Waals surface area (Å²) in [7, 11) is 0. The largest absolute Gasteiger partial charge is 0.394 e. The van der Waals surface area contributed by atoms with Gasteiger partial charge in [-0.05, 0) is 25.7 Å². The number of nitrogens with one attached hydrogen (secondary N) is 2. The Balaban J connectivity index is 2.41. The van der Waals surface area contributed by atoms with E-state index in [2.05, 4.69) is 24.5 Å². The molecule has 0 aromatic rings. The van der Waals surface area contributed by atoms with Crippen molar-refractivity contribution in [1.82, 2.24) is 10.6 Å². The average molecular weight is 775 g/mol. The van der Waals surface area contributed by atoms with E-state index in [4.69, 9.17) is 9.47 Å². The Labute approximate surface area is 327 Å². The van der Waals surface area contributed by atoms with Gasteiger partial charge >= 0.3 is 0 Å². The zero-order chi connectivity index (χ0) is 39.8. The number of hydrogen-bond acceptors (Lipinski definition) is 10. The zero-order valence-corrected chi connectivity index (χ0v) is 34.1. The van der Waals surface area contributed by atoms with Gasteiger partial charge in [-0.1, -0.05) is 149 Å². The second-order valence-electron chi connectivity index (χ2n) is 15.7. The molecule has 1 heterocycles. The van der Waals surface area contributed by atoms with Crippen LogP contribution < -0.4 is 10.6 Å². The van der Waals surface area contributed by atoms with Gasteiger partial charge in [-0.15, -0.1) is 0 Å². The molecule has 0 aromatic heterocycles. The van der Waals surface area contributed by atoms with Gasteiger partial charge in [-0.2, -0.15) is 0 Å². The first-order chi connectivity index (χ1) is 26.2. The molecule has 54 heavy (non-hydrogen) atoms. The third-order valence-corrected chi connectivity index (χ3v) is 10.7. The van der Waals surface area contributed by atoms with Crippen molar-refractivity contribution < 1.29 is 49.7 Å². The van der Waals surface area contributed by atoms with E-state index in [1.807, 2.05) is 0 Å². The minimum atomic E-state index is -1.62. The molecule has 1 aliphatic heterocycles. The molecule has 8 N–H and O–H groups in total. The molecule has 0 bridgehead atoms. The van der Waals surface area contributed by atoms with Crippen LogP contribution in [0.1, 0.15) is 187 Å². The van der Waals surface area contributed by atoms with Gasteiger partial charge in [0, 0.05) is 19.4 Å². The molecule has 0 aliphatic carbocycles. The highest BCUT2D eigenvalue weighted by Gasteiger charge is 2.44. The van der Waals surface area contributed by atoms with Crippen molar-refractivity contribution in [1.29, 1.82) is 0 Å². The number of aliphatic hydroxyl groups excluding tert-OH is 6. The van der Waals surface area contributed by atoms with Gasteiger partial charge in [-0.25, -0.2) is 0 Å². The highest BCUT2D eigenvalue weighted by Crippen LogP contribution is 2.23. The van der Waals surface area contributed by atoms with Gasteiger partial charge in [0.1, 0.15) is 30.5 Å². The first kappa shape index (κ1) is 50.6. The Morgan fingerprint density at radius 3 is 1.63 bits per heavy atom. The quantitative estimate of drug-likeness (QED) is 0.0366. The molecule has 320 valence electrons. The summed E-state index contributed by atoms with van der Waals surface area (Å²) in [4.78, 5) is 24.7. The molecule has 0 spiro atoms. The number of carbonyl (C=O) groups is 2. The molecule has 1 saturated heterocycles. The lowest BCUT2D eigenvalue weighted by molar-refractivity contribution is -0.303. The van der Waals surface area contributed by atoms with Crippen molar-refractivity contribution in [2.45, 2.75) is 236 Å². The van der Waals surface area contributed by atoms with Crippen LogP contribution in [0.3, 0.4) is 0 Å². The molecule has 12 nitrogen and oxygen atoms in total. The normalized spacial score (nSPS) is 21.8. The van der Waals surface area contributed by atoms with E-state index in [0.717, 1.165) is 103 Å². The van der Waals surface area contributed by atoms with Gasteiger partial charge < -0.3 is 50.7 Å². The minimum absolute atomic E-state index is 0.160. The summed E-state index contributed by atoms with van der Waals surface area (Å²) in [5.41, 5.74) is 0. The summed E-state index contributed by atoms with van der Waals surface area (Å²) >= 11 is 0.